The predicted molar refractivity (Wildman–Crippen MR) is 181 cm³/mol. The fourth-order valence-electron chi connectivity index (χ4n) is 5.64. The molecule has 0 aliphatic carbocycles. The van der Waals surface area contributed by atoms with Gasteiger partial charge in [0, 0.05) is 11.1 Å². The molecule has 7 aromatic rings. The first-order chi connectivity index (χ1) is 21.5. The summed E-state index contributed by atoms with van der Waals surface area (Å²) < 4.78 is 4.44. The zero-order valence-corrected chi connectivity index (χ0v) is 28.9. The van der Waals surface area contributed by atoms with Crippen LogP contribution in [0.4, 0.5) is 0 Å². The molecule has 2 aromatic heterocycles. The number of pyridine rings is 1. The van der Waals surface area contributed by atoms with Gasteiger partial charge in [-0.3, -0.25) is 4.57 Å². The van der Waals surface area contributed by atoms with Gasteiger partial charge < -0.3 is 9.55 Å². The minimum Gasteiger partial charge on any atom is -0.313 e. The van der Waals surface area contributed by atoms with Crippen LogP contribution in [0.25, 0.3) is 44.4 Å². The second-order valence-electron chi connectivity index (χ2n) is 11.7. The van der Waals surface area contributed by atoms with Crippen molar-refractivity contribution in [2.75, 3.05) is 0 Å². The van der Waals surface area contributed by atoms with E-state index >= 15 is 0 Å². The number of hydrogen-bond acceptors (Lipinski definition) is 2. The number of nitrogens with zero attached hydrogens (tertiary/aromatic N) is 3. The maximum Gasteiger partial charge on any atom is 3.00 e. The van der Waals surface area contributed by atoms with Crippen LogP contribution in [0, 0.1) is 18.5 Å². The van der Waals surface area contributed by atoms with E-state index in [1.54, 1.807) is 6.20 Å². The minimum atomic E-state index is 0. The third-order valence-corrected chi connectivity index (χ3v) is 9.23. The van der Waals surface area contributed by atoms with Crippen LogP contribution in [0.1, 0.15) is 50.7 Å². The third kappa shape index (κ3) is 6.01. The van der Waals surface area contributed by atoms with Crippen molar-refractivity contribution in [1.29, 1.82) is 0 Å². The molecule has 3 heterocycles. The smallest absolute Gasteiger partial charge is 0.313 e. The van der Waals surface area contributed by atoms with Crippen molar-refractivity contribution in [3.63, 3.8) is 0 Å². The first kappa shape index (κ1) is 31.0. The second-order valence-corrected chi connectivity index (χ2v) is 12.8. The number of aromatic nitrogens is 3. The topological polar surface area (TPSA) is 21.7 Å². The van der Waals surface area contributed by atoms with E-state index in [0.29, 0.717) is 11.8 Å². The average molecular weight is 780 g/mol. The molecule has 0 spiro atoms. The Morgan fingerprint density at radius 3 is 2.24 bits per heavy atom. The van der Waals surface area contributed by atoms with E-state index in [9.17, 15) is 0 Å². The quantitative estimate of drug-likeness (QED) is 0.131. The Morgan fingerprint density at radius 2 is 1.53 bits per heavy atom. The van der Waals surface area contributed by atoms with Gasteiger partial charge in [-0.2, -0.15) is 23.9 Å². The van der Waals surface area contributed by atoms with Crippen LogP contribution < -0.4 is 4.57 Å². The molecule has 0 atom stereocenters. The molecule has 0 unspecified atom stereocenters. The van der Waals surface area contributed by atoms with Crippen LogP contribution in [0.3, 0.4) is 0 Å². The summed E-state index contributed by atoms with van der Waals surface area (Å²) >= 11 is 1.84. The monoisotopic (exact) mass is 780 g/mol. The van der Waals surface area contributed by atoms with Crippen molar-refractivity contribution >= 4 is 33.6 Å². The number of imidazole rings is 1. The molecule has 1 aliphatic rings. The van der Waals surface area contributed by atoms with Crippen molar-refractivity contribution in [2.24, 2.45) is 0 Å². The van der Waals surface area contributed by atoms with Crippen LogP contribution in [0.2, 0.25) is 0 Å². The summed E-state index contributed by atoms with van der Waals surface area (Å²) in [5.41, 5.74) is 9.39. The van der Waals surface area contributed by atoms with E-state index < -0.39 is 0 Å². The number of para-hydroxylation sites is 1. The molecule has 0 radical (unpaired) electrons. The van der Waals surface area contributed by atoms with Gasteiger partial charge in [-0.25, -0.2) is 0 Å². The van der Waals surface area contributed by atoms with E-state index in [2.05, 4.69) is 127 Å². The summed E-state index contributed by atoms with van der Waals surface area (Å²) in [7, 11) is 0. The maximum atomic E-state index is 4.22. The summed E-state index contributed by atoms with van der Waals surface area (Å²) in [6, 6.07) is 44.6. The van der Waals surface area contributed by atoms with E-state index in [1.807, 2.05) is 54.2 Å². The molecule has 5 aromatic carbocycles. The molecular weight excluding hydrogens is 747 g/mol. The SMILES string of the molecule is CC(C)c1cc(C(C)C)cc(-n2[c-][n+]3c4c(cccc42)Sc2c-3[c-]cc3ccccc23)c1.[Ir+3].[c-]1ccccc1-c1ccccn1. The second kappa shape index (κ2) is 13.1. The van der Waals surface area contributed by atoms with Crippen molar-refractivity contribution in [2.45, 2.75) is 49.3 Å². The molecule has 45 heavy (non-hydrogen) atoms. The molecule has 3 nitrogen and oxygen atoms in total. The average Bonchev–Trinajstić information content (AvgIpc) is 3.47. The van der Waals surface area contributed by atoms with Crippen molar-refractivity contribution < 1.29 is 24.7 Å². The molecule has 0 N–H and O–H groups in total. The van der Waals surface area contributed by atoms with Crippen LogP contribution in [0.5, 0.6) is 0 Å². The van der Waals surface area contributed by atoms with E-state index in [1.165, 1.54) is 48.4 Å². The maximum absolute atomic E-state index is 4.22. The van der Waals surface area contributed by atoms with Gasteiger partial charge in [0.15, 0.2) is 0 Å². The molecule has 0 saturated heterocycles. The minimum absolute atomic E-state index is 0. The number of benzene rings is 5. The third-order valence-electron chi connectivity index (χ3n) is 8.07. The van der Waals surface area contributed by atoms with Gasteiger partial charge in [-0.05, 0) is 52.5 Å². The van der Waals surface area contributed by atoms with Crippen molar-refractivity contribution in [1.82, 2.24) is 9.55 Å². The van der Waals surface area contributed by atoms with Crippen molar-refractivity contribution in [3.05, 3.63) is 145 Å². The largest absolute Gasteiger partial charge is 3.00 e. The summed E-state index contributed by atoms with van der Waals surface area (Å²) in [4.78, 5) is 6.73. The molecule has 8 rings (SSSR count). The van der Waals surface area contributed by atoms with Crippen molar-refractivity contribution in [3.8, 4) is 22.6 Å². The van der Waals surface area contributed by atoms with Gasteiger partial charge in [0.05, 0.1) is 16.7 Å². The fourth-order valence-corrected chi connectivity index (χ4v) is 6.84. The molecule has 5 heteroatoms. The molecule has 1 aliphatic heterocycles. The first-order valence-electron chi connectivity index (χ1n) is 15.1. The number of fused-ring (bicyclic) bond motifs is 4. The van der Waals surface area contributed by atoms with Gasteiger partial charge in [-0.15, -0.1) is 52.7 Å². The van der Waals surface area contributed by atoms with Crippen LogP contribution >= 0.6 is 11.8 Å². The molecule has 0 bridgehead atoms. The van der Waals surface area contributed by atoms with Crippen LogP contribution in [-0.2, 0) is 20.1 Å². The van der Waals surface area contributed by atoms with Gasteiger partial charge in [0.25, 0.3) is 6.33 Å². The van der Waals surface area contributed by atoms with Gasteiger partial charge in [0.2, 0.25) is 0 Å². The van der Waals surface area contributed by atoms with E-state index in [4.69, 9.17) is 0 Å². The summed E-state index contributed by atoms with van der Waals surface area (Å²) in [5, 5.41) is 2.49. The van der Waals surface area contributed by atoms with Crippen LogP contribution in [-0.4, -0.2) is 9.55 Å². The summed E-state index contributed by atoms with van der Waals surface area (Å²) in [6.07, 6.45) is 5.48. The molecule has 0 saturated carbocycles. The van der Waals surface area contributed by atoms with Gasteiger partial charge in [0.1, 0.15) is 0 Å². The summed E-state index contributed by atoms with van der Waals surface area (Å²) in [6.45, 7) is 9.06. The Bertz CT molecular complexity index is 2040. The zero-order chi connectivity index (χ0) is 30.2. The van der Waals surface area contributed by atoms with E-state index in [-0.39, 0.29) is 20.1 Å². The van der Waals surface area contributed by atoms with Crippen LogP contribution in [0.15, 0.2) is 125 Å². The normalized spacial score (nSPS) is 11.7. The van der Waals surface area contributed by atoms with Gasteiger partial charge in [-0.1, -0.05) is 87.2 Å². The zero-order valence-electron chi connectivity index (χ0n) is 25.7. The number of hydrogen-bond donors (Lipinski definition) is 0. The Kier molecular flexibility index (Phi) is 9.05. The Morgan fingerprint density at radius 1 is 0.778 bits per heavy atom. The molecule has 222 valence electrons. The summed E-state index contributed by atoms with van der Waals surface area (Å²) in [5.74, 6) is 0.951. The Hall–Kier alpha value is -4.02. The number of rotatable bonds is 4. The molecular formula is C40H33IrN3S+. The molecule has 0 amide bonds. The van der Waals surface area contributed by atoms with E-state index in [0.717, 1.165) is 16.9 Å². The molecule has 0 fully saturated rings. The Labute approximate surface area is 283 Å². The fraction of sp³-hybridized carbons (Fsp3) is 0.150. The standard InChI is InChI=1S/C29H25N2S.C11H8N.Ir/c1-18(2)21-14-22(19(3)4)16-23(15-21)30-17-31-26-13-12-20-8-5-6-9-24(20)29(26)32-27-11-7-10-25(30)28(27)31;1-2-6-10(7-3-1)11-8-4-5-9-12-11;/h5-12,14-16,18-19H,1-4H3;1-6,8-9H;/q2*-1;+3. The van der Waals surface area contributed by atoms with Gasteiger partial charge >= 0.3 is 20.1 Å². The first-order valence-corrected chi connectivity index (χ1v) is 15.9. The predicted octanol–water partition coefficient (Wildman–Crippen LogP) is 9.92. The Balaban J connectivity index is 0.000000231.